The Morgan fingerprint density at radius 2 is 2.07 bits per heavy atom. The predicted molar refractivity (Wildman–Crippen MR) is 61.9 cm³/mol. The minimum Gasteiger partial charge on any atom is -0.456 e. The summed E-state index contributed by atoms with van der Waals surface area (Å²) in [4.78, 5) is 0. The van der Waals surface area contributed by atoms with Crippen molar-refractivity contribution in [2.75, 3.05) is 4.43 Å². The molecule has 2 saturated carbocycles. The molecule has 2 aliphatic carbocycles. The van der Waals surface area contributed by atoms with Crippen molar-refractivity contribution in [1.29, 1.82) is 0 Å². The van der Waals surface area contributed by atoms with Crippen LogP contribution in [0.2, 0.25) is 0 Å². The molecule has 0 saturated heterocycles. The molecule has 0 bridgehead atoms. The van der Waals surface area contributed by atoms with E-state index < -0.39 is 0 Å². The average Bonchev–Trinajstić information content (AvgIpc) is 2.72. The minimum atomic E-state index is -0.218. The van der Waals surface area contributed by atoms with Gasteiger partial charge < -0.3 is 9.47 Å². The van der Waals surface area contributed by atoms with Crippen molar-refractivity contribution >= 4 is 22.6 Å². The van der Waals surface area contributed by atoms with Crippen molar-refractivity contribution < 1.29 is 9.47 Å². The second kappa shape index (κ2) is 3.29. The van der Waals surface area contributed by atoms with Crippen LogP contribution < -0.4 is 0 Å². The molecule has 0 N–H and O–H groups in total. The molecule has 3 rings (SSSR count). The molecule has 14 heavy (non-hydrogen) atoms. The van der Waals surface area contributed by atoms with Crippen LogP contribution in [-0.4, -0.2) is 10.2 Å². The molecule has 0 amide bonds. The van der Waals surface area contributed by atoms with Gasteiger partial charge in [0, 0.05) is 12.3 Å². The second-order valence-electron chi connectivity index (χ2n) is 4.71. The summed E-state index contributed by atoms with van der Waals surface area (Å²) in [6.45, 7) is 0. The first-order chi connectivity index (χ1) is 6.84. The summed E-state index contributed by atoms with van der Waals surface area (Å²) in [5.41, 5.74) is 0. The molecule has 3 atom stereocenters. The monoisotopic (exact) mass is 306 g/mol. The molecule has 0 aromatic heterocycles. The summed E-state index contributed by atoms with van der Waals surface area (Å²) >= 11 is 2.48. The Bertz CT molecular complexity index is 256. The van der Waals surface area contributed by atoms with Crippen LogP contribution in [0.5, 0.6) is 0 Å². The van der Waals surface area contributed by atoms with Crippen LogP contribution in [0.1, 0.15) is 25.7 Å². The summed E-state index contributed by atoms with van der Waals surface area (Å²) < 4.78 is 12.5. The van der Waals surface area contributed by atoms with Crippen molar-refractivity contribution in [3.8, 4) is 0 Å². The third kappa shape index (κ3) is 1.20. The highest BCUT2D eigenvalue weighted by atomic mass is 127. The molecular weight excluding hydrogens is 291 g/mol. The zero-order valence-corrected chi connectivity index (χ0v) is 10.3. The molecule has 3 aliphatic rings. The number of hydrogen-bond donors (Lipinski definition) is 0. The van der Waals surface area contributed by atoms with Gasteiger partial charge in [0.1, 0.15) is 12.5 Å². The Hall–Kier alpha value is 0.0700. The first-order valence-corrected chi connectivity index (χ1v) is 6.93. The molecule has 2 nitrogen and oxygen atoms in total. The molecule has 1 heterocycles. The molecule has 3 heteroatoms. The van der Waals surface area contributed by atoms with E-state index >= 15 is 0 Å². The fraction of sp³-hybridized carbons (Fsp3) is 0.818. The highest BCUT2D eigenvalue weighted by molar-refractivity contribution is 14.1. The maximum atomic E-state index is 5.61. The van der Waals surface area contributed by atoms with Gasteiger partial charge in [-0.15, -0.1) is 0 Å². The third-order valence-corrected chi connectivity index (χ3v) is 4.63. The van der Waals surface area contributed by atoms with Crippen LogP contribution in [0.3, 0.4) is 0 Å². The smallest absolute Gasteiger partial charge is 0.253 e. The SMILES string of the molecule is ICC[C@@H]1C[C@@H]2CC3(OC=CO3)[C@@H]2C1. The van der Waals surface area contributed by atoms with Gasteiger partial charge in [0.15, 0.2) is 0 Å². The Kier molecular flexibility index (Phi) is 2.18. The second-order valence-corrected chi connectivity index (χ2v) is 5.78. The first kappa shape index (κ1) is 9.31. The Morgan fingerprint density at radius 3 is 2.79 bits per heavy atom. The summed E-state index contributed by atoms with van der Waals surface area (Å²) in [5.74, 6) is 2.26. The third-order valence-electron chi connectivity index (χ3n) is 4.01. The van der Waals surface area contributed by atoms with Crippen LogP contribution in [0.25, 0.3) is 0 Å². The van der Waals surface area contributed by atoms with Gasteiger partial charge in [-0.1, -0.05) is 22.6 Å². The summed E-state index contributed by atoms with van der Waals surface area (Å²) in [5, 5.41) is 0. The quantitative estimate of drug-likeness (QED) is 0.576. The van der Waals surface area contributed by atoms with Crippen molar-refractivity contribution in [3.63, 3.8) is 0 Å². The van der Waals surface area contributed by atoms with Crippen LogP contribution in [0.15, 0.2) is 12.5 Å². The molecule has 1 spiro atoms. The lowest BCUT2D eigenvalue weighted by molar-refractivity contribution is -0.256. The van der Waals surface area contributed by atoms with Gasteiger partial charge in [-0.2, -0.15) is 0 Å². The van der Waals surface area contributed by atoms with Gasteiger partial charge in [-0.05, 0) is 35.5 Å². The van der Waals surface area contributed by atoms with Gasteiger partial charge in [0.2, 0.25) is 0 Å². The molecule has 0 aromatic carbocycles. The Labute approximate surface area is 98.2 Å². The van der Waals surface area contributed by atoms with Gasteiger partial charge in [0.05, 0.1) is 0 Å². The maximum Gasteiger partial charge on any atom is 0.253 e. The highest BCUT2D eigenvalue weighted by Crippen LogP contribution is 2.59. The number of fused-ring (bicyclic) bond motifs is 2. The van der Waals surface area contributed by atoms with E-state index in [9.17, 15) is 0 Å². The molecule has 0 aromatic rings. The van der Waals surface area contributed by atoms with Gasteiger partial charge in [-0.25, -0.2) is 0 Å². The van der Waals surface area contributed by atoms with Crippen LogP contribution in [0.4, 0.5) is 0 Å². The topological polar surface area (TPSA) is 18.5 Å². The summed E-state index contributed by atoms with van der Waals surface area (Å²) in [6.07, 6.45) is 8.63. The Balaban J connectivity index is 1.65. The maximum absolute atomic E-state index is 5.61. The number of alkyl halides is 1. The Morgan fingerprint density at radius 1 is 1.29 bits per heavy atom. The summed E-state index contributed by atoms with van der Waals surface area (Å²) in [7, 11) is 0. The fourth-order valence-corrected chi connectivity index (χ4v) is 4.22. The van der Waals surface area contributed by atoms with E-state index in [0.717, 1.165) is 18.3 Å². The number of rotatable bonds is 2. The summed E-state index contributed by atoms with van der Waals surface area (Å²) in [6, 6.07) is 0. The lowest BCUT2D eigenvalue weighted by atomic mass is 9.70. The van der Waals surface area contributed by atoms with E-state index in [-0.39, 0.29) is 5.79 Å². The zero-order valence-electron chi connectivity index (χ0n) is 8.12. The standard InChI is InChI=1S/C11H15IO2/c12-2-1-8-5-9-7-11(10(9)6-8)13-3-4-14-11/h3-4,8-10H,1-2,5-7H2/t8-,9-,10-/m1/s1. The van der Waals surface area contributed by atoms with Gasteiger partial charge >= 0.3 is 0 Å². The van der Waals surface area contributed by atoms with Gasteiger partial charge in [-0.3, -0.25) is 0 Å². The van der Waals surface area contributed by atoms with E-state index in [4.69, 9.17) is 9.47 Å². The number of halogens is 1. The van der Waals surface area contributed by atoms with E-state index in [1.165, 1.54) is 23.7 Å². The average molecular weight is 306 g/mol. The van der Waals surface area contributed by atoms with Crippen LogP contribution in [-0.2, 0) is 9.47 Å². The number of ether oxygens (including phenoxy) is 2. The van der Waals surface area contributed by atoms with Crippen molar-refractivity contribution in [2.45, 2.75) is 31.5 Å². The van der Waals surface area contributed by atoms with E-state index in [1.54, 1.807) is 12.5 Å². The molecule has 0 radical (unpaired) electrons. The van der Waals surface area contributed by atoms with E-state index in [0.29, 0.717) is 5.92 Å². The lowest BCUT2D eigenvalue weighted by Crippen LogP contribution is -2.52. The molecular formula is C11H15IO2. The van der Waals surface area contributed by atoms with Crippen LogP contribution >= 0.6 is 22.6 Å². The van der Waals surface area contributed by atoms with Crippen molar-refractivity contribution in [1.82, 2.24) is 0 Å². The minimum absolute atomic E-state index is 0.218. The van der Waals surface area contributed by atoms with Crippen molar-refractivity contribution in [3.05, 3.63) is 12.5 Å². The zero-order chi connectivity index (χ0) is 9.60. The molecule has 1 aliphatic heterocycles. The largest absolute Gasteiger partial charge is 0.456 e. The molecule has 0 unspecified atom stereocenters. The molecule has 78 valence electrons. The lowest BCUT2D eigenvalue weighted by Gasteiger charge is -2.47. The van der Waals surface area contributed by atoms with E-state index in [2.05, 4.69) is 22.6 Å². The normalized spacial score (nSPS) is 41.6. The highest BCUT2D eigenvalue weighted by Gasteiger charge is 2.62. The number of hydrogen-bond acceptors (Lipinski definition) is 2. The first-order valence-electron chi connectivity index (χ1n) is 5.41. The van der Waals surface area contributed by atoms with E-state index in [1.807, 2.05) is 0 Å². The molecule has 2 fully saturated rings. The predicted octanol–water partition coefficient (Wildman–Crippen LogP) is 3.07. The van der Waals surface area contributed by atoms with Crippen molar-refractivity contribution in [2.24, 2.45) is 17.8 Å². The van der Waals surface area contributed by atoms with Gasteiger partial charge in [0.25, 0.3) is 5.79 Å². The van der Waals surface area contributed by atoms with Crippen LogP contribution in [0, 0.1) is 17.8 Å². The fourth-order valence-electron chi connectivity index (χ4n) is 3.34.